The average molecular weight is 261 g/mol. The standard InChI is InChI=1S/C15H19NO3/c17-13-7-3-2-6-12(13)16-15(18)11-9-19-14-8-4-1-5-10(11)14/h1,4-5,8,11-13,17H,2-3,6-7,9H2,(H,16,18)/t11?,12-,13-/m0/s1. The topological polar surface area (TPSA) is 58.6 Å². The molecule has 1 fully saturated rings. The van der Waals surface area contributed by atoms with Crippen LogP contribution in [-0.4, -0.2) is 29.8 Å². The van der Waals surface area contributed by atoms with Crippen molar-refractivity contribution in [1.82, 2.24) is 5.32 Å². The van der Waals surface area contributed by atoms with Gasteiger partial charge in [-0.25, -0.2) is 0 Å². The van der Waals surface area contributed by atoms with Gasteiger partial charge in [-0.2, -0.15) is 0 Å². The van der Waals surface area contributed by atoms with Crippen LogP contribution in [0, 0.1) is 0 Å². The summed E-state index contributed by atoms with van der Waals surface area (Å²) in [5.74, 6) is 0.521. The first-order chi connectivity index (χ1) is 9.25. The van der Waals surface area contributed by atoms with Gasteiger partial charge < -0.3 is 15.2 Å². The number of fused-ring (bicyclic) bond motifs is 1. The predicted octanol–water partition coefficient (Wildman–Crippen LogP) is 1.58. The number of rotatable bonds is 2. The van der Waals surface area contributed by atoms with Gasteiger partial charge in [-0.3, -0.25) is 4.79 Å². The van der Waals surface area contributed by atoms with E-state index in [0.29, 0.717) is 6.61 Å². The number of carbonyl (C=O) groups excluding carboxylic acids is 1. The Morgan fingerprint density at radius 3 is 2.89 bits per heavy atom. The molecule has 3 atom stereocenters. The Balaban J connectivity index is 1.68. The average Bonchev–Trinajstić information content (AvgIpc) is 2.85. The lowest BCUT2D eigenvalue weighted by molar-refractivity contribution is -0.124. The number of carbonyl (C=O) groups is 1. The fraction of sp³-hybridized carbons (Fsp3) is 0.533. The molecule has 0 saturated heterocycles. The zero-order valence-electron chi connectivity index (χ0n) is 10.8. The van der Waals surface area contributed by atoms with Gasteiger partial charge in [0.05, 0.1) is 12.1 Å². The van der Waals surface area contributed by atoms with Gasteiger partial charge in [-0.15, -0.1) is 0 Å². The highest BCUT2D eigenvalue weighted by Gasteiger charge is 2.33. The van der Waals surface area contributed by atoms with Crippen molar-refractivity contribution >= 4 is 5.91 Å². The number of amides is 1. The maximum absolute atomic E-state index is 12.3. The predicted molar refractivity (Wildman–Crippen MR) is 71.1 cm³/mol. The van der Waals surface area contributed by atoms with Crippen molar-refractivity contribution in [2.75, 3.05) is 6.61 Å². The zero-order valence-corrected chi connectivity index (χ0v) is 10.8. The van der Waals surface area contributed by atoms with Crippen LogP contribution in [0.5, 0.6) is 5.75 Å². The molecule has 1 aliphatic carbocycles. The van der Waals surface area contributed by atoms with E-state index in [2.05, 4.69) is 5.32 Å². The van der Waals surface area contributed by atoms with Gasteiger partial charge in [0, 0.05) is 5.56 Å². The van der Waals surface area contributed by atoms with E-state index < -0.39 is 6.10 Å². The fourth-order valence-electron chi connectivity index (χ4n) is 2.94. The number of hydrogen-bond acceptors (Lipinski definition) is 3. The van der Waals surface area contributed by atoms with Gasteiger partial charge in [0.2, 0.25) is 5.91 Å². The molecule has 0 radical (unpaired) electrons. The number of aliphatic hydroxyl groups excluding tert-OH is 1. The molecule has 1 saturated carbocycles. The number of aliphatic hydroxyl groups is 1. The second-order valence-electron chi connectivity index (χ2n) is 5.37. The van der Waals surface area contributed by atoms with Gasteiger partial charge in [0.15, 0.2) is 0 Å². The first-order valence-electron chi connectivity index (χ1n) is 6.96. The second-order valence-corrected chi connectivity index (χ2v) is 5.37. The van der Waals surface area contributed by atoms with E-state index in [9.17, 15) is 9.90 Å². The molecular formula is C15H19NO3. The van der Waals surface area contributed by atoms with Crippen LogP contribution in [0.3, 0.4) is 0 Å². The summed E-state index contributed by atoms with van der Waals surface area (Å²) in [7, 11) is 0. The Kier molecular flexibility index (Phi) is 3.42. The normalized spacial score (nSPS) is 29.4. The number of ether oxygens (including phenoxy) is 1. The minimum Gasteiger partial charge on any atom is -0.492 e. The number of nitrogens with one attached hydrogen (secondary N) is 1. The van der Waals surface area contributed by atoms with Crippen molar-refractivity contribution in [3.05, 3.63) is 29.8 Å². The molecule has 2 aliphatic rings. The molecule has 102 valence electrons. The van der Waals surface area contributed by atoms with E-state index in [0.717, 1.165) is 37.0 Å². The summed E-state index contributed by atoms with van der Waals surface area (Å²) in [6, 6.07) is 7.55. The van der Waals surface area contributed by atoms with E-state index in [1.54, 1.807) is 0 Å². The molecule has 3 rings (SSSR count). The lowest BCUT2D eigenvalue weighted by Crippen LogP contribution is -2.46. The largest absolute Gasteiger partial charge is 0.492 e. The molecule has 0 aromatic heterocycles. The minimum atomic E-state index is -0.407. The Morgan fingerprint density at radius 2 is 2.05 bits per heavy atom. The SMILES string of the molecule is O=C(N[C@H]1CCCC[C@@H]1O)C1COc2ccccc21. The van der Waals surface area contributed by atoms with Crippen LogP contribution in [0.25, 0.3) is 0 Å². The third kappa shape index (κ3) is 2.45. The molecule has 1 amide bonds. The lowest BCUT2D eigenvalue weighted by Gasteiger charge is -2.29. The van der Waals surface area contributed by atoms with Gasteiger partial charge in [-0.1, -0.05) is 31.0 Å². The summed E-state index contributed by atoms with van der Waals surface area (Å²) in [5, 5.41) is 12.9. The van der Waals surface area contributed by atoms with Crippen LogP contribution in [0.2, 0.25) is 0 Å². The van der Waals surface area contributed by atoms with Crippen molar-refractivity contribution in [2.45, 2.75) is 43.7 Å². The molecule has 0 spiro atoms. The summed E-state index contributed by atoms with van der Waals surface area (Å²) in [5.41, 5.74) is 0.949. The fourth-order valence-corrected chi connectivity index (χ4v) is 2.94. The van der Waals surface area contributed by atoms with Crippen LogP contribution in [0.4, 0.5) is 0 Å². The van der Waals surface area contributed by atoms with Crippen LogP contribution in [-0.2, 0) is 4.79 Å². The van der Waals surface area contributed by atoms with Crippen LogP contribution in [0.15, 0.2) is 24.3 Å². The quantitative estimate of drug-likeness (QED) is 0.850. The van der Waals surface area contributed by atoms with Gasteiger partial charge in [-0.05, 0) is 18.9 Å². The van der Waals surface area contributed by atoms with Crippen LogP contribution >= 0.6 is 0 Å². The summed E-state index contributed by atoms with van der Waals surface area (Å²) in [6.45, 7) is 0.397. The molecule has 4 heteroatoms. The van der Waals surface area contributed by atoms with Crippen molar-refractivity contribution < 1.29 is 14.6 Å². The smallest absolute Gasteiger partial charge is 0.231 e. The Hall–Kier alpha value is -1.55. The molecule has 2 N–H and O–H groups in total. The number of benzene rings is 1. The van der Waals surface area contributed by atoms with E-state index in [1.165, 1.54) is 0 Å². The van der Waals surface area contributed by atoms with Crippen molar-refractivity contribution in [3.63, 3.8) is 0 Å². The molecular weight excluding hydrogens is 242 g/mol. The molecule has 1 unspecified atom stereocenters. The molecule has 0 bridgehead atoms. The number of para-hydroxylation sites is 1. The second kappa shape index (κ2) is 5.21. The van der Waals surface area contributed by atoms with Gasteiger partial charge in [0.25, 0.3) is 0 Å². The first kappa shape index (κ1) is 12.5. The maximum Gasteiger partial charge on any atom is 0.231 e. The molecule has 19 heavy (non-hydrogen) atoms. The van der Waals surface area contributed by atoms with E-state index in [4.69, 9.17) is 4.74 Å². The molecule has 4 nitrogen and oxygen atoms in total. The highest BCUT2D eigenvalue weighted by molar-refractivity contribution is 5.85. The minimum absolute atomic E-state index is 0.0316. The van der Waals surface area contributed by atoms with E-state index >= 15 is 0 Å². The third-order valence-electron chi connectivity index (χ3n) is 4.07. The first-order valence-corrected chi connectivity index (χ1v) is 6.96. The maximum atomic E-state index is 12.3. The summed E-state index contributed by atoms with van der Waals surface area (Å²) >= 11 is 0. The highest BCUT2D eigenvalue weighted by atomic mass is 16.5. The lowest BCUT2D eigenvalue weighted by atomic mass is 9.91. The molecule has 1 aromatic rings. The summed E-state index contributed by atoms with van der Waals surface area (Å²) in [4.78, 5) is 12.3. The Labute approximate surface area is 112 Å². The Morgan fingerprint density at radius 1 is 1.26 bits per heavy atom. The molecule has 1 aliphatic heterocycles. The zero-order chi connectivity index (χ0) is 13.2. The van der Waals surface area contributed by atoms with Crippen LogP contribution in [0.1, 0.15) is 37.2 Å². The van der Waals surface area contributed by atoms with Crippen molar-refractivity contribution in [1.29, 1.82) is 0 Å². The van der Waals surface area contributed by atoms with Gasteiger partial charge >= 0.3 is 0 Å². The van der Waals surface area contributed by atoms with E-state index in [1.807, 2.05) is 24.3 Å². The van der Waals surface area contributed by atoms with Crippen LogP contribution < -0.4 is 10.1 Å². The summed E-state index contributed by atoms with van der Waals surface area (Å²) < 4.78 is 5.52. The van der Waals surface area contributed by atoms with E-state index in [-0.39, 0.29) is 17.9 Å². The number of hydrogen-bond donors (Lipinski definition) is 2. The third-order valence-corrected chi connectivity index (χ3v) is 4.07. The molecule has 1 aromatic carbocycles. The van der Waals surface area contributed by atoms with Crippen molar-refractivity contribution in [2.24, 2.45) is 0 Å². The van der Waals surface area contributed by atoms with Gasteiger partial charge in [0.1, 0.15) is 18.3 Å². The van der Waals surface area contributed by atoms with Crippen molar-refractivity contribution in [3.8, 4) is 5.75 Å². The molecule has 1 heterocycles. The monoisotopic (exact) mass is 261 g/mol. The Bertz CT molecular complexity index is 474. The summed E-state index contributed by atoms with van der Waals surface area (Å²) in [6.07, 6.45) is 3.35. The highest BCUT2D eigenvalue weighted by Crippen LogP contribution is 2.33.